The van der Waals surface area contributed by atoms with Crippen LogP contribution in [0.15, 0.2) is 127 Å². The van der Waals surface area contributed by atoms with Crippen molar-refractivity contribution in [1.29, 1.82) is 0 Å². The lowest BCUT2D eigenvalue weighted by molar-refractivity contribution is -0.123. The van der Waals surface area contributed by atoms with E-state index >= 15 is 0 Å². The normalized spacial score (nSPS) is 12.1. The average Bonchev–Trinajstić information content (AvgIpc) is 3.49. The van der Waals surface area contributed by atoms with Crippen LogP contribution >= 0.6 is 0 Å². The molecule has 0 heterocycles. The third kappa shape index (κ3) is 8.71. The van der Waals surface area contributed by atoms with Crippen LogP contribution in [0.3, 0.4) is 0 Å². The highest BCUT2D eigenvalue weighted by Crippen LogP contribution is 2.38. The molecule has 1 aliphatic carbocycles. The highest BCUT2D eigenvalue weighted by atomic mass is 16.2. The number of aryl methyl sites for hydroxylation is 1. The molecule has 0 radical (unpaired) electrons. The molecule has 0 saturated carbocycles. The van der Waals surface area contributed by atoms with Crippen molar-refractivity contribution in [2.24, 2.45) is 0 Å². The minimum atomic E-state index is -0.730. The van der Waals surface area contributed by atoms with Crippen LogP contribution in [0.5, 0.6) is 0 Å². The first-order valence-corrected chi connectivity index (χ1v) is 17.2. The fraction of sp³-hybridized carbons (Fsp3) is 0.233. The van der Waals surface area contributed by atoms with Crippen LogP contribution in [-0.2, 0) is 11.2 Å². The topological polar surface area (TPSA) is 87.3 Å². The van der Waals surface area contributed by atoms with Crippen molar-refractivity contribution in [3.63, 3.8) is 0 Å². The molecule has 3 amide bonds. The molecule has 0 fully saturated rings. The fourth-order valence-electron chi connectivity index (χ4n) is 6.65. The SMILES string of the molecule is Cc1ccc2c(c1)-c1cc(C(=O)CCCCCC(NC(=O)Nc3ccccc3)C(=O)NCC(c3ccccc3)c3ccccc3)ccc1C2. The molecule has 0 bridgehead atoms. The third-order valence-corrected chi connectivity index (χ3v) is 9.30. The monoisotopic (exact) mass is 649 g/mol. The maximum Gasteiger partial charge on any atom is 0.319 e. The number of unbranched alkanes of at least 4 members (excludes halogenated alkanes) is 2. The zero-order chi connectivity index (χ0) is 34.0. The van der Waals surface area contributed by atoms with Crippen LogP contribution in [0.2, 0.25) is 0 Å². The molecule has 1 unspecified atom stereocenters. The zero-order valence-corrected chi connectivity index (χ0v) is 28.0. The van der Waals surface area contributed by atoms with Crippen LogP contribution in [0.1, 0.15) is 76.2 Å². The molecule has 6 heteroatoms. The van der Waals surface area contributed by atoms with E-state index in [0.29, 0.717) is 37.9 Å². The Hall–Kier alpha value is -5.49. The van der Waals surface area contributed by atoms with Gasteiger partial charge in [-0.05, 0) is 77.8 Å². The van der Waals surface area contributed by atoms with E-state index in [1.54, 1.807) is 12.1 Å². The summed E-state index contributed by atoms with van der Waals surface area (Å²) in [6.07, 6.45) is 3.97. The molecule has 5 aromatic rings. The molecule has 0 saturated heterocycles. The van der Waals surface area contributed by atoms with Crippen molar-refractivity contribution >= 4 is 23.4 Å². The number of ketones is 1. The third-order valence-electron chi connectivity index (χ3n) is 9.30. The van der Waals surface area contributed by atoms with Crippen LogP contribution in [0.4, 0.5) is 10.5 Å². The number of para-hydroxylation sites is 1. The van der Waals surface area contributed by atoms with Gasteiger partial charge < -0.3 is 16.0 Å². The van der Waals surface area contributed by atoms with Gasteiger partial charge in [-0.2, -0.15) is 0 Å². The Morgan fingerprint density at radius 2 is 1.29 bits per heavy atom. The van der Waals surface area contributed by atoms with E-state index in [2.05, 4.69) is 77.5 Å². The van der Waals surface area contributed by atoms with Crippen LogP contribution in [-0.4, -0.2) is 30.3 Å². The van der Waals surface area contributed by atoms with Gasteiger partial charge in [-0.15, -0.1) is 0 Å². The van der Waals surface area contributed by atoms with Crippen LogP contribution < -0.4 is 16.0 Å². The summed E-state index contributed by atoms with van der Waals surface area (Å²) in [6, 6.07) is 40.9. The average molecular weight is 650 g/mol. The lowest BCUT2D eigenvalue weighted by Crippen LogP contribution is -2.48. The van der Waals surface area contributed by atoms with Gasteiger partial charge >= 0.3 is 6.03 Å². The summed E-state index contributed by atoms with van der Waals surface area (Å²) >= 11 is 0. The van der Waals surface area contributed by atoms with Gasteiger partial charge in [-0.25, -0.2) is 4.79 Å². The second-order valence-corrected chi connectivity index (χ2v) is 12.9. The highest BCUT2D eigenvalue weighted by Gasteiger charge is 2.23. The highest BCUT2D eigenvalue weighted by molar-refractivity contribution is 5.98. The minimum absolute atomic E-state index is 0.0344. The van der Waals surface area contributed by atoms with Crippen LogP contribution in [0.25, 0.3) is 11.1 Å². The molecule has 0 spiro atoms. The van der Waals surface area contributed by atoms with Crippen molar-refractivity contribution in [2.45, 2.75) is 57.4 Å². The van der Waals surface area contributed by atoms with Gasteiger partial charge in [0.25, 0.3) is 0 Å². The summed E-state index contributed by atoms with van der Waals surface area (Å²) in [5, 5.41) is 8.86. The Morgan fingerprint density at radius 3 is 1.96 bits per heavy atom. The summed E-state index contributed by atoms with van der Waals surface area (Å²) in [5.41, 5.74) is 9.80. The molecule has 6 nitrogen and oxygen atoms in total. The number of urea groups is 1. The molecule has 248 valence electrons. The number of Topliss-reactive ketones (excluding diaryl/α,β-unsaturated/α-hetero) is 1. The number of anilines is 1. The van der Waals surface area contributed by atoms with Gasteiger partial charge in [0.05, 0.1) is 0 Å². The van der Waals surface area contributed by atoms with Gasteiger partial charge in [0.1, 0.15) is 6.04 Å². The summed E-state index contributed by atoms with van der Waals surface area (Å²) < 4.78 is 0. The second-order valence-electron chi connectivity index (χ2n) is 12.9. The fourth-order valence-corrected chi connectivity index (χ4v) is 6.65. The Balaban J connectivity index is 1.06. The van der Waals surface area contributed by atoms with Crippen molar-refractivity contribution < 1.29 is 14.4 Å². The molecule has 1 aliphatic rings. The number of hydrogen-bond acceptors (Lipinski definition) is 3. The molecule has 1 atom stereocenters. The van der Waals surface area contributed by atoms with Gasteiger partial charge in [0.2, 0.25) is 5.91 Å². The standard InChI is InChI=1S/C43H43N3O3/c1-30-22-23-33-27-34-24-25-35(28-38(34)37(33)26-30)41(47)21-13-5-12-20-40(46-43(49)45-36-18-10-4-11-19-36)42(48)44-29-39(31-14-6-2-7-15-31)32-16-8-3-9-17-32/h2-4,6-11,14-19,22-26,28,39-40H,5,12-13,20-21,27,29H2,1H3,(H,44,48)(H2,45,46,49). The summed E-state index contributed by atoms with van der Waals surface area (Å²) in [5.74, 6) is -0.135. The largest absolute Gasteiger partial charge is 0.353 e. The number of amides is 3. The lowest BCUT2D eigenvalue weighted by Gasteiger charge is -2.22. The van der Waals surface area contributed by atoms with Crippen molar-refractivity contribution in [3.8, 4) is 11.1 Å². The van der Waals surface area contributed by atoms with Crippen molar-refractivity contribution in [2.75, 3.05) is 11.9 Å². The maximum atomic E-state index is 13.6. The van der Waals surface area contributed by atoms with Crippen molar-refractivity contribution in [3.05, 3.63) is 161 Å². The van der Waals surface area contributed by atoms with E-state index < -0.39 is 12.1 Å². The molecule has 0 aliphatic heterocycles. The van der Waals surface area contributed by atoms with E-state index in [0.717, 1.165) is 29.5 Å². The first kappa shape index (κ1) is 33.4. The molecule has 5 aromatic carbocycles. The molecule has 49 heavy (non-hydrogen) atoms. The first-order valence-electron chi connectivity index (χ1n) is 17.2. The maximum absolute atomic E-state index is 13.6. The predicted molar refractivity (Wildman–Crippen MR) is 197 cm³/mol. The molecule has 6 rings (SSSR count). The zero-order valence-electron chi connectivity index (χ0n) is 28.0. The number of carbonyl (C=O) groups is 3. The minimum Gasteiger partial charge on any atom is -0.353 e. The molecule has 3 N–H and O–H groups in total. The molecular formula is C43H43N3O3. The van der Waals surface area contributed by atoms with E-state index in [-0.39, 0.29) is 17.6 Å². The number of carbonyl (C=O) groups excluding carboxylic acids is 3. The molecule has 0 aromatic heterocycles. The van der Waals surface area contributed by atoms with E-state index in [9.17, 15) is 14.4 Å². The number of nitrogens with one attached hydrogen (secondary N) is 3. The van der Waals surface area contributed by atoms with Crippen LogP contribution in [0, 0.1) is 6.92 Å². The van der Waals surface area contributed by atoms with Gasteiger partial charge in [0.15, 0.2) is 5.78 Å². The van der Waals surface area contributed by atoms with E-state index in [1.165, 1.54) is 27.8 Å². The van der Waals surface area contributed by atoms with E-state index in [4.69, 9.17) is 0 Å². The summed E-state index contributed by atoms with van der Waals surface area (Å²) in [6.45, 7) is 2.49. The Bertz CT molecular complexity index is 1850. The second kappa shape index (κ2) is 16.1. The molecular weight excluding hydrogens is 606 g/mol. The first-order chi connectivity index (χ1) is 23.9. The Morgan fingerprint density at radius 1 is 0.673 bits per heavy atom. The van der Waals surface area contributed by atoms with E-state index in [1.807, 2.05) is 60.7 Å². The Labute approximate surface area is 289 Å². The van der Waals surface area contributed by atoms with Gasteiger partial charge in [0, 0.05) is 30.1 Å². The quantitative estimate of drug-likeness (QED) is 0.0814. The van der Waals surface area contributed by atoms with Crippen molar-refractivity contribution in [1.82, 2.24) is 10.6 Å². The Kier molecular flexibility index (Phi) is 11.0. The number of hydrogen-bond donors (Lipinski definition) is 3. The number of rotatable bonds is 14. The number of benzene rings is 5. The number of fused-ring (bicyclic) bond motifs is 3. The summed E-state index contributed by atoms with van der Waals surface area (Å²) in [4.78, 5) is 39.8. The summed E-state index contributed by atoms with van der Waals surface area (Å²) in [7, 11) is 0. The lowest BCUT2D eigenvalue weighted by atomic mass is 9.91. The van der Waals surface area contributed by atoms with Gasteiger partial charge in [-0.1, -0.05) is 128 Å². The smallest absolute Gasteiger partial charge is 0.319 e. The van der Waals surface area contributed by atoms with Gasteiger partial charge in [-0.3, -0.25) is 9.59 Å². The predicted octanol–water partition coefficient (Wildman–Crippen LogP) is 8.84.